The average Bonchev–Trinajstić information content (AvgIpc) is 2.67. The fourth-order valence-corrected chi connectivity index (χ4v) is 3.52. The molecule has 0 aromatic heterocycles. The molecule has 0 spiro atoms. The Hall–Kier alpha value is -3.14. The van der Waals surface area contributed by atoms with E-state index >= 15 is 0 Å². The van der Waals surface area contributed by atoms with Gasteiger partial charge >= 0.3 is 0 Å². The quantitative estimate of drug-likeness (QED) is 0.549. The first-order valence-electron chi connectivity index (χ1n) is 8.93. The predicted molar refractivity (Wildman–Crippen MR) is 105 cm³/mol. The van der Waals surface area contributed by atoms with Crippen molar-refractivity contribution >= 4 is 11.6 Å². The number of carbonyl (C=O) groups excluding carboxylic acids is 2. The SMILES string of the molecule is Cc1c(C)c(C(=O)c2ccc(F)cc2)c(C)c(C(=O)c2ccc(F)cc2)c1C. The van der Waals surface area contributed by atoms with E-state index in [0.29, 0.717) is 27.8 Å². The fraction of sp³-hybridized carbons (Fsp3) is 0.167. The van der Waals surface area contributed by atoms with Gasteiger partial charge in [0.05, 0.1) is 0 Å². The molecule has 3 aromatic carbocycles. The van der Waals surface area contributed by atoms with Gasteiger partial charge in [-0.25, -0.2) is 8.78 Å². The summed E-state index contributed by atoms with van der Waals surface area (Å²) in [6.45, 7) is 7.30. The van der Waals surface area contributed by atoms with Crippen molar-refractivity contribution < 1.29 is 18.4 Å². The Kier molecular flexibility index (Phi) is 5.23. The summed E-state index contributed by atoms with van der Waals surface area (Å²) >= 11 is 0. The Labute approximate surface area is 162 Å². The van der Waals surface area contributed by atoms with Crippen molar-refractivity contribution in [1.82, 2.24) is 0 Å². The molecule has 28 heavy (non-hydrogen) atoms. The highest BCUT2D eigenvalue weighted by atomic mass is 19.1. The van der Waals surface area contributed by atoms with Gasteiger partial charge in [-0.3, -0.25) is 9.59 Å². The average molecular weight is 378 g/mol. The largest absolute Gasteiger partial charge is 0.289 e. The Morgan fingerprint density at radius 3 is 1.18 bits per heavy atom. The molecule has 0 unspecified atom stereocenters. The van der Waals surface area contributed by atoms with Crippen LogP contribution in [0.3, 0.4) is 0 Å². The summed E-state index contributed by atoms with van der Waals surface area (Å²) in [6.07, 6.45) is 0. The van der Waals surface area contributed by atoms with Gasteiger partial charge in [0.2, 0.25) is 0 Å². The maximum Gasteiger partial charge on any atom is 0.193 e. The van der Waals surface area contributed by atoms with Gasteiger partial charge in [0.15, 0.2) is 11.6 Å². The lowest BCUT2D eigenvalue weighted by Crippen LogP contribution is -2.15. The first kappa shape index (κ1) is 19.6. The van der Waals surface area contributed by atoms with Crippen molar-refractivity contribution in [3.8, 4) is 0 Å². The zero-order valence-electron chi connectivity index (χ0n) is 16.2. The van der Waals surface area contributed by atoms with Crippen molar-refractivity contribution in [2.45, 2.75) is 27.7 Å². The summed E-state index contributed by atoms with van der Waals surface area (Å²) in [4.78, 5) is 26.3. The third kappa shape index (κ3) is 3.38. The van der Waals surface area contributed by atoms with Crippen molar-refractivity contribution in [1.29, 1.82) is 0 Å². The molecule has 142 valence electrons. The van der Waals surface area contributed by atoms with E-state index < -0.39 is 11.6 Å². The van der Waals surface area contributed by atoms with Gasteiger partial charge in [-0.2, -0.15) is 0 Å². The molecule has 0 N–H and O–H groups in total. The molecular formula is C24H20F2O2. The van der Waals surface area contributed by atoms with Gasteiger partial charge in [0.25, 0.3) is 0 Å². The molecule has 0 fully saturated rings. The number of ketones is 2. The number of carbonyl (C=O) groups is 2. The number of benzene rings is 3. The smallest absolute Gasteiger partial charge is 0.193 e. The van der Waals surface area contributed by atoms with Gasteiger partial charge in [0, 0.05) is 22.3 Å². The van der Waals surface area contributed by atoms with E-state index in [2.05, 4.69) is 0 Å². The molecule has 4 heteroatoms. The van der Waals surface area contributed by atoms with Crippen LogP contribution in [-0.4, -0.2) is 11.6 Å². The van der Waals surface area contributed by atoms with Gasteiger partial charge in [-0.05, 0) is 98.5 Å². The molecule has 0 saturated carbocycles. The second-order valence-electron chi connectivity index (χ2n) is 6.92. The highest BCUT2D eigenvalue weighted by Gasteiger charge is 2.25. The third-order valence-corrected chi connectivity index (χ3v) is 5.29. The molecule has 3 aromatic rings. The molecular weight excluding hydrogens is 358 g/mol. The molecule has 0 radical (unpaired) electrons. The number of halogens is 2. The maximum absolute atomic E-state index is 13.2. The van der Waals surface area contributed by atoms with Gasteiger partial charge < -0.3 is 0 Å². The lowest BCUT2D eigenvalue weighted by molar-refractivity contribution is 0.103. The highest BCUT2D eigenvalue weighted by Crippen LogP contribution is 2.30. The molecule has 0 aliphatic carbocycles. The van der Waals surface area contributed by atoms with Crippen LogP contribution >= 0.6 is 0 Å². The summed E-state index contributed by atoms with van der Waals surface area (Å²) in [5, 5.41) is 0. The van der Waals surface area contributed by atoms with Crippen molar-refractivity contribution in [2.24, 2.45) is 0 Å². The van der Waals surface area contributed by atoms with E-state index in [4.69, 9.17) is 0 Å². The molecule has 3 rings (SSSR count). The minimum atomic E-state index is -0.419. The second-order valence-corrected chi connectivity index (χ2v) is 6.92. The first-order valence-corrected chi connectivity index (χ1v) is 8.93. The summed E-state index contributed by atoms with van der Waals surface area (Å²) in [6, 6.07) is 10.7. The lowest BCUT2D eigenvalue weighted by atomic mass is 9.83. The van der Waals surface area contributed by atoms with Crippen LogP contribution in [-0.2, 0) is 0 Å². The standard InChI is InChI=1S/C24H20F2O2/c1-13-14(2)21(23(27)17-5-9-19(25)10-6-17)16(4)22(15(13)3)24(28)18-7-11-20(26)12-8-18/h5-12H,1-4H3. The normalized spacial score (nSPS) is 10.8. The van der Waals surface area contributed by atoms with Crippen LogP contribution in [0.5, 0.6) is 0 Å². The van der Waals surface area contributed by atoms with Crippen LogP contribution in [0, 0.1) is 39.3 Å². The predicted octanol–water partition coefficient (Wildman–Crippen LogP) is 5.66. The van der Waals surface area contributed by atoms with Crippen molar-refractivity contribution in [3.05, 3.63) is 105 Å². The number of hydrogen-bond donors (Lipinski definition) is 0. The van der Waals surface area contributed by atoms with Crippen molar-refractivity contribution in [3.63, 3.8) is 0 Å². The zero-order chi connectivity index (χ0) is 20.6. The topological polar surface area (TPSA) is 34.1 Å². The molecule has 0 heterocycles. The molecule has 0 amide bonds. The fourth-order valence-electron chi connectivity index (χ4n) is 3.52. The third-order valence-electron chi connectivity index (χ3n) is 5.29. The van der Waals surface area contributed by atoms with Crippen LogP contribution < -0.4 is 0 Å². The second kappa shape index (κ2) is 7.47. The van der Waals surface area contributed by atoms with Gasteiger partial charge in [0.1, 0.15) is 11.6 Å². The van der Waals surface area contributed by atoms with Gasteiger partial charge in [-0.15, -0.1) is 0 Å². The maximum atomic E-state index is 13.2. The monoisotopic (exact) mass is 378 g/mol. The minimum Gasteiger partial charge on any atom is -0.289 e. The van der Waals surface area contributed by atoms with E-state index in [1.807, 2.05) is 20.8 Å². The van der Waals surface area contributed by atoms with E-state index in [1.54, 1.807) is 6.92 Å². The summed E-state index contributed by atoms with van der Waals surface area (Å²) < 4.78 is 26.5. The van der Waals surface area contributed by atoms with Crippen LogP contribution in [0.4, 0.5) is 8.78 Å². The van der Waals surface area contributed by atoms with E-state index in [-0.39, 0.29) is 11.6 Å². The zero-order valence-corrected chi connectivity index (χ0v) is 16.2. The van der Waals surface area contributed by atoms with Crippen LogP contribution in [0.2, 0.25) is 0 Å². The minimum absolute atomic E-state index is 0.258. The molecule has 0 atom stereocenters. The van der Waals surface area contributed by atoms with E-state index in [9.17, 15) is 18.4 Å². The Bertz CT molecular complexity index is 995. The van der Waals surface area contributed by atoms with Gasteiger partial charge in [-0.1, -0.05) is 0 Å². The summed E-state index contributed by atoms with van der Waals surface area (Å²) in [5.41, 5.74) is 4.61. The Morgan fingerprint density at radius 2 is 0.857 bits per heavy atom. The first-order chi connectivity index (χ1) is 13.2. The highest BCUT2D eigenvalue weighted by molar-refractivity contribution is 6.16. The molecule has 0 aliphatic heterocycles. The molecule has 2 nitrogen and oxygen atoms in total. The summed E-state index contributed by atoms with van der Waals surface area (Å²) in [7, 11) is 0. The van der Waals surface area contributed by atoms with E-state index in [0.717, 1.165) is 16.7 Å². The molecule has 0 saturated heterocycles. The Balaban J connectivity index is 2.20. The molecule has 0 aliphatic rings. The van der Waals surface area contributed by atoms with Crippen molar-refractivity contribution in [2.75, 3.05) is 0 Å². The van der Waals surface area contributed by atoms with E-state index in [1.165, 1.54) is 48.5 Å². The Morgan fingerprint density at radius 1 is 0.536 bits per heavy atom. The number of hydrogen-bond acceptors (Lipinski definition) is 2. The molecule has 0 bridgehead atoms. The summed E-state index contributed by atoms with van der Waals surface area (Å²) in [5.74, 6) is -1.35. The van der Waals surface area contributed by atoms with Crippen LogP contribution in [0.25, 0.3) is 0 Å². The lowest BCUT2D eigenvalue weighted by Gasteiger charge is -2.19. The van der Waals surface area contributed by atoms with Crippen LogP contribution in [0.15, 0.2) is 48.5 Å². The number of rotatable bonds is 4. The van der Waals surface area contributed by atoms with Crippen LogP contribution in [0.1, 0.15) is 54.1 Å².